The lowest BCUT2D eigenvalue weighted by molar-refractivity contribution is 0.345. The lowest BCUT2D eigenvalue weighted by atomic mass is 9.98. The summed E-state index contributed by atoms with van der Waals surface area (Å²) in [7, 11) is 0. The fourth-order valence-electron chi connectivity index (χ4n) is 2.95. The van der Waals surface area contributed by atoms with Gasteiger partial charge in [0, 0.05) is 12.2 Å². The van der Waals surface area contributed by atoms with E-state index in [1.165, 1.54) is 31.4 Å². The van der Waals surface area contributed by atoms with Crippen LogP contribution >= 0.6 is 0 Å². The van der Waals surface area contributed by atoms with E-state index in [2.05, 4.69) is 22.4 Å². The zero-order valence-corrected chi connectivity index (χ0v) is 11.5. The van der Waals surface area contributed by atoms with Gasteiger partial charge in [-0.1, -0.05) is 19.8 Å². The fourth-order valence-corrected chi connectivity index (χ4v) is 2.95. The molecule has 1 saturated carbocycles. The molecular formula is C14H18FN5. The normalized spacial score (nSPS) is 22.3. The third kappa shape index (κ3) is 2.37. The van der Waals surface area contributed by atoms with Gasteiger partial charge in [-0.3, -0.25) is 0 Å². The molecule has 2 atom stereocenters. The molecule has 106 valence electrons. The zero-order valence-electron chi connectivity index (χ0n) is 11.5. The summed E-state index contributed by atoms with van der Waals surface area (Å²) < 4.78 is 15.6. The molecule has 2 aromatic rings. The summed E-state index contributed by atoms with van der Waals surface area (Å²) >= 11 is 0. The highest BCUT2D eigenvalue weighted by atomic mass is 19.1. The van der Waals surface area contributed by atoms with Crippen molar-refractivity contribution in [2.75, 3.05) is 5.73 Å². The lowest BCUT2D eigenvalue weighted by Crippen LogP contribution is -2.15. The Kier molecular flexibility index (Phi) is 3.38. The number of nitrogens with two attached hydrogens (primary N) is 1. The van der Waals surface area contributed by atoms with Gasteiger partial charge < -0.3 is 5.73 Å². The predicted octanol–water partition coefficient (Wildman–Crippen LogP) is 2.50. The van der Waals surface area contributed by atoms with Crippen LogP contribution in [0.1, 0.15) is 26.2 Å². The summed E-state index contributed by atoms with van der Waals surface area (Å²) in [5.41, 5.74) is 6.59. The van der Waals surface area contributed by atoms with Gasteiger partial charge in [-0.25, -0.2) is 9.07 Å². The summed E-state index contributed by atoms with van der Waals surface area (Å²) in [5.74, 6) is 1.32. The summed E-state index contributed by atoms with van der Waals surface area (Å²) in [5, 5.41) is 11.7. The second-order valence-electron chi connectivity index (χ2n) is 5.59. The quantitative estimate of drug-likeness (QED) is 0.874. The van der Waals surface area contributed by atoms with Gasteiger partial charge >= 0.3 is 0 Å². The van der Waals surface area contributed by atoms with Crippen molar-refractivity contribution in [2.45, 2.75) is 32.7 Å². The molecular weight excluding hydrogens is 257 g/mol. The Labute approximate surface area is 117 Å². The lowest BCUT2D eigenvalue weighted by Gasteiger charge is -2.15. The molecule has 0 aliphatic heterocycles. The number of tetrazole rings is 1. The molecule has 2 N–H and O–H groups in total. The van der Waals surface area contributed by atoms with E-state index in [4.69, 9.17) is 5.73 Å². The Morgan fingerprint density at radius 2 is 2.25 bits per heavy atom. The number of rotatable bonds is 3. The first-order valence-corrected chi connectivity index (χ1v) is 6.96. The molecule has 5 nitrogen and oxygen atoms in total. The average Bonchev–Trinajstić information content (AvgIpc) is 3.03. The predicted molar refractivity (Wildman–Crippen MR) is 74.1 cm³/mol. The molecule has 1 aliphatic rings. The van der Waals surface area contributed by atoms with Crippen LogP contribution in [0.2, 0.25) is 0 Å². The third-order valence-corrected chi connectivity index (χ3v) is 4.21. The van der Waals surface area contributed by atoms with Crippen LogP contribution < -0.4 is 5.73 Å². The minimum atomic E-state index is -0.352. The number of nitrogen functional groups attached to an aromatic ring is 1. The number of hydrogen-bond acceptors (Lipinski definition) is 4. The van der Waals surface area contributed by atoms with Crippen molar-refractivity contribution in [3.05, 3.63) is 24.0 Å². The second-order valence-corrected chi connectivity index (χ2v) is 5.59. The standard InChI is InChI=1S/C14H18FN5/c1-9-3-2-4-10(9)8-20-14(17-18-19-20)12-7-11(16)5-6-13(12)15/h5-7,9-10H,2-4,8,16H2,1H3. The maximum atomic E-state index is 13.9. The van der Waals surface area contributed by atoms with Crippen LogP contribution in [0.15, 0.2) is 18.2 Å². The highest BCUT2D eigenvalue weighted by molar-refractivity contribution is 5.61. The Hall–Kier alpha value is -1.98. The molecule has 6 heteroatoms. The maximum absolute atomic E-state index is 13.9. The first-order valence-electron chi connectivity index (χ1n) is 6.96. The number of aromatic nitrogens is 4. The van der Waals surface area contributed by atoms with Gasteiger partial charge in [-0.05, 0) is 46.9 Å². The second kappa shape index (κ2) is 5.19. The third-order valence-electron chi connectivity index (χ3n) is 4.21. The summed E-state index contributed by atoms with van der Waals surface area (Å²) in [6.07, 6.45) is 3.67. The first kappa shape index (κ1) is 13.0. The van der Waals surface area contributed by atoms with E-state index in [1.54, 1.807) is 10.7 Å². The van der Waals surface area contributed by atoms with Crippen molar-refractivity contribution >= 4 is 5.69 Å². The molecule has 1 aromatic carbocycles. The van der Waals surface area contributed by atoms with Crippen molar-refractivity contribution in [3.8, 4) is 11.4 Å². The van der Waals surface area contributed by atoms with Gasteiger partial charge in [0.2, 0.25) is 0 Å². The number of halogens is 1. The van der Waals surface area contributed by atoms with Crippen LogP contribution in [0, 0.1) is 17.7 Å². The van der Waals surface area contributed by atoms with Gasteiger partial charge in [0.1, 0.15) is 5.82 Å². The Morgan fingerprint density at radius 3 is 3.00 bits per heavy atom. The molecule has 1 aromatic heterocycles. The molecule has 0 radical (unpaired) electrons. The molecule has 3 rings (SSSR count). The first-order chi connectivity index (χ1) is 9.65. The van der Waals surface area contributed by atoms with Crippen molar-refractivity contribution in [2.24, 2.45) is 11.8 Å². The topological polar surface area (TPSA) is 69.6 Å². The SMILES string of the molecule is CC1CCCC1Cn1nnnc1-c1cc(N)ccc1F. The highest BCUT2D eigenvalue weighted by Gasteiger charge is 2.25. The minimum Gasteiger partial charge on any atom is -0.399 e. The van der Waals surface area contributed by atoms with Crippen LogP contribution in [0.25, 0.3) is 11.4 Å². The highest BCUT2D eigenvalue weighted by Crippen LogP contribution is 2.33. The average molecular weight is 275 g/mol. The van der Waals surface area contributed by atoms with E-state index in [-0.39, 0.29) is 5.82 Å². The van der Waals surface area contributed by atoms with Crippen LogP contribution in [0.5, 0.6) is 0 Å². The molecule has 1 heterocycles. The summed E-state index contributed by atoms with van der Waals surface area (Å²) in [6, 6.07) is 4.46. The van der Waals surface area contributed by atoms with Crippen LogP contribution in [0.3, 0.4) is 0 Å². The van der Waals surface area contributed by atoms with E-state index in [0.717, 1.165) is 6.54 Å². The molecule has 0 bridgehead atoms. The van der Waals surface area contributed by atoms with Crippen LogP contribution in [0.4, 0.5) is 10.1 Å². The maximum Gasteiger partial charge on any atom is 0.185 e. The Morgan fingerprint density at radius 1 is 1.40 bits per heavy atom. The van der Waals surface area contributed by atoms with Gasteiger partial charge in [0.25, 0.3) is 0 Å². The number of nitrogens with zero attached hydrogens (tertiary/aromatic N) is 4. The van der Waals surface area contributed by atoms with Gasteiger partial charge in [-0.2, -0.15) is 0 Å². The number of benzene rings is 1. The van der Waals surface area contributed by atoms with Gasteiger partial charge in [0.05, 0.1) is 5.56 Å². The van der Waals surface area contributed by atoms with Crippen molar-refractivity contribution in [1.29, 1.82) is 0 Å². The fraction of sp³-hybridized carbons (Fsp3) is 0.500. The Bertz CT molecular complexity index is 609. The number of anilines is 1. The van der Waals surface area contributed by atoms with Crippen LogP contribution in [-0.2, 0) is 6.54 Å². The molecule has 0 saturated heterocycles. The summed E-state index contributed by atoms with van der Waals surface area (Å²) in [6.45, 7) is 2.99. The van der Waals surface area contributed by atoms with Crippen molar-refractivity contribution in [1.82, 2.24) is 20.2 Å². The smallest absolute Gasteiger partial charge is 0.185 e. The molecule has 0 amide bonds. The molecule has 1 aliphatic carbocycles. The number of hydrogen-bond donors (Lipinski definition) is 1. The molecule has 1 fully saturated rings. The minimum absolute atomic E-state index is 0.352. The van der Waals surface area contributed by atoms with Crippen molar-refractivity contribution < 1.29 is 4.39 Å². The monoisotopic (exact) mass is 275 g/mol. The van der Waals surface area contributed by atoms with E-state index in [9.17, 15) is 4.39 Å². The van der Waals surface area contributed by atoms with Gasteiger partial charge in [-0.15, -0.1) is 5.10 Å². The van der Waals surface area contributed by atoms with E-state index < -0.39 is 0 Å². The van der Waals surface area contributed by atoms with E-state index in [0.29, 0.717) is 28.9 Å². The molecule has 2 unspecified atom stereocenters. The van der Waals surface area contributed by atoms with E-state index in [1.807, 2.05) is 0 Å². The van der Waals surface area contributed by atoms with E-state index >= 15 is 0 Å². The van der Waals surface area contributed by atoms with Gasteiger partial charge in [0.15, 0.2) is 5.82 Å². The molecule has 20 heavy (non-hydrogen) atoms. The zero-order chi connectivity index (χ0) is 14.1. The largest absolute Gasteiger partial charge is 0.399 e. The molecule has 0 spiro atoms. The Balaban J connectivity index is 1.91. The van der Waals surface area contributed by atoms with Crippen molar-refractivity contribution in [3.63, 3.8) is 0 Å². The summed E-state index contributed by atoms with van der Waals surface area (Å²) in [4.78, 5) is 0. The van der Waals surface area contributed by atoms with Crippen LogP contribution in [-0.4, -0.2) is 20.2 Å².